The largest absolute Gasteiger partial charge is 0.497 e. The fourth-order valence-corrected chi connectivity index (χ4v) is 4.98. The molecule has 4 rings (SSSR count). The summed E-state index contributed by atoms with van der Waals surface area (Å²) < 4.78 is 23.1. The Hall–Kier alpha value is -4.77. The highest BCUT2D eigenvalue weighted by Crippen LogP contribution is 2.35. The van der Waals surface area contributed by atoms with Crippen LogP contribution in [0.1, 0.15) is 49.8 Å². The van der Waals surface area contributed by atoms with Gasteiger partial charge < -0.3 is 21.5 Å². The maximum atomic E-state index is 14.2. The van der Waals surface area contributed by atoms with Crippen LogP contribution in [-0.2, 0) is 17.8 Å². The number of nitrogens with one attached hydrogen (secondary N) is 1. The van der Waals surface area contributed by atoms with Crippen LogP contribution in [0.2, 0.25) is 0 Å². The summed E-state index contributed by atoms with van der Waals surface area (Å²) in [5.74, 6) is -1.87. The van der Waals surface area contributed by atoms with Crippen molar-refractivity contribution in [2.24, 2.45) is 5.73 Å². The monoisotopic (exact) mass is 561 g/mol. The topological polar surface area (TPSA) is 141 Å². The van der Waals surface area contributed by atoms with Gasteiger partial charge in [-0.25, -0.2) is 4.39 Å². The third-order valence-corrected chi connectivity index (χ3v) is 7.18. The molecule has 5 N–H and O–H groups in total. The van der Waals surface area contributed by atoms with E-state index in [-0.39, 0.29) is 22.8 Å². The van der Waals surface area contributed by atoms with Crippen molar-refractivity contribution in [3.05, 3.63) is 106 Å². The highest BCUT2D eigenvalue weighted by Gasteiger charge is 2.36. The number of hydrogen-bond acceptors (Lipinski definition) is 7. The molecule has 3 aromatic carbocycles. The van der Waals surface area contributed by atoms with Crippen molar-refractivity contribution in [3.63, 3.8) is 0 Å². The van der Waals surface area contributed by atoms with Gasteiger partial charge in [0.2, 0.25) is 5.91 Å². The molecule has 0 aliphatic rings. The minimum atomic E-state index is -1.22. The van der Waals surface area contributed by atoms with E-state index in [1.807, 2.05) is 31.2 Å². The molecular formula is C29H28FN5O4S. The number of primary amides is 1. The molecule has 1 unspecified atom stereocenters. The second-order valence-corrected chi connectivity index (χ2v) is 9.59. The maximum Gasteiger partial charge on any atom is 0.273 e. The zero-order valence-electron chi connectivity index (χ0n) is 21.9. The van der Waals surface area contributed by atoms with Gasteiger partial charge in [-0.3, -0.25) is 19.3 Å². The van der Waals surface area contributed by atoms with E-state index in [1.165, 1.54) is 29.2 Å². The molecule has 4 aromatic rings. The first-order valence-corrected chi connectivity index (χ1v) is 13.1. The normalized spacial score (nSPS) is 11.5. The Labute approximate surface area is 234 Å². The van der Waals surface area contributed by atoms with Crippen molar-refractivity contribution < 1.29 is 23.5 Å². The number of ether oxygens (including phenoxy) is 1. The van der Waals surface area contributed by atoms with Crippen molar-refractivity contribution in [2.45, 2.75) is 25.9 Å². The molecule has 0 saturated carbocycles. The van der Waals surface area contributed by atoms with Crippen LogP contribution >= 0.6 is 11.5 Å². The molecule has 0 radical (unpaired) electrons. The maximum absolute atomic E-state index is 14.2. The number of nitrogen functional groups attached to an aromatic ring is 1. The van der Waals surface area contributed by atoms with Gasteiger partial charge in [0, 0.05) is 12.2 Å². The van der Waals surface area contributed by atoms with Gasteiger partial charge in [0.25, 0.3) is 11.8 Å². The number of nitrogens with zero attached hydrogens (tertiary/aromatic N) is 2. The highest BCUT2D eigenvalue weighted by atomic mass is 32.1. The third-order valence-electron chi connectivity index (χ3n) is 6.32. The molecule has 0 bridgehead atoms. The van der Waals surface area contributed by atoms with E-state index in [2.05, 4.69) is 9.69 Å². The number of halogens is 1. The second kappa shape index (κ2) is 12.4. The Balaban J connectivity index is 1.83. The number of hydrogen-bond donors (Lipinski definition) is 3. The molecule has 1 heterocycles. The number of carbonyl (C=O) groups is 3. The van der Waals surface area contributed by atoms with Crippen molar-refractivity contribution in [3.8, 4) is 5.75 Å². The van der Waals surface area contributed by atoms with Gasteiger partial charge in [-0.1, -0.05) is 49.4 Å². The Morgan fingerprint density at radius 2 is 1.73 bits per heavy atom. The molecule has 1 aromatic heterocycles. The molecule has 0 aliphatic heterocycles. The summed E-state index contributed by atoms with van der Waals surface area (Å²) in [5, 5.41) is 2.90. The van der Waals surface area contributed by atoms with E-state index in [4.69, 9.17) is 16.2 Å². The summed E-state index contributed by atoms with van der Waals surface area (Å²) in [6, 6.07) is 18.4. The van der Waals surface area contributed by atoms with Crippen molar-refractivity contribution in [1.82, 2.24) is 9.69 Å². The van der Waals surface area contributed by atoms with E-state index in [1.54, 1.807) is 31.4 Å². The third kappa shape index (κ3) is 5.94. The van der Waals surface area contributed by atoms with Crippen LogP contribution in [0.25, 0.3) is 0 Å². The Kier molecular flexibility index (Phi) is 8.75. The predicted octanol–water partition coefficient (Wildman–Crippen LogP) is 4.24. The van der Waals surface area contributed by atoms with Gasteiger partial charge in [0.05, 0.1) is 12.8 Å². The second-order valence-electron chi connectivity index (χ2n) is 8.82. The van der Waals surface area contributed by atoms with E-state index in [0.29, 0.717) is 23.4 Å². The van der Waals surface area contributed by atoms with Crippen LogP contribution in [0.15, 0.2) is 72.8 Å². The number of carbonyl (C=O) groups excluding carboxylic acids is 3. The predicted molar refractivity (Wildman–Crippen MR) is 152 cm³/mol. The number of benzene rings is 3. The molecule has 0 aliphatic carbocycles. The quantitative estimate of drug-likeness (QED) is 0.265. The van der Waals surface area contributed by atoms with Gasteiger partial charge in [-0.05, 0) is 65.0 Å². The fourth-order valence-electron chi connectivity index (χ4n) is 4.24. The SMILES string of the molecule is CCc1ccccc1N(C(=O)c1snc(C(N)=O)c1N)C(C(=O)NCc1ccc(OC)cc1)c1ccc(F)cc1. The highest BCUT2D eigenvalue weighted by molar-refractivity contribution is 7.09. The summed E-state index contributed by atoms with van der Waals surface area (Å²) in [4.78, 5) is 41.2. The summed E-state index contributed by atoms with van der Waals surface area (Å²) in [5.41, 5.74) is 13.5. The average molecular weight is 562 g/mol. The first-order chi connectivity index (χ1) is 19.2. The van der Waals surface area contributed by atoms with Crippen LogP contribution in [0.4, 0.5) is 15.8 Å². The lowest BCUT2D eigenvalue weighted by Gasteiger charge is -2.32. The lowest BCUT2D eigenvalue weighted by atomic mass is 10.00. The number of anilines is 2. The van der Waals surface area contributed by atoms with Gasteiger partial charge in [0.1, 0.15) is 22.5 Å². The molecule has 0 saturated heterocycles. The van der Waals surface area contributed by atoms with Crippen LogP contribution in [0.5, 0.6) is 5.75 Å². The Morgan fingerprint density at radius 3 is 2.33 bits per heavy atom. The average Bonchev–Trinajstić information content (AvgIpc) is 3.36. The van der Waals surface area contributed by atoms with Crippen LogP contribution in [0.3, 0.4) is 0 Å². The molecule has 1 atom stereocenters. The summed E-state index contributed by atoms with van der Waals surface area (Å²) in [6.45, 7) is 2.08. The minimum absolute atomic E-state index is 0.0465. The number of aromatic nitrogens is 1. The number of aryl methyl sites for hydroxylation is 1. The zero-order valence-corrected chi connectivity index (χ0v) is 22.7. The van der Waals surface area contributed by atoms with Crippen LogP contribution in [0, 0.1) is 5.82 Å². The summed E-state index contributed by atoms with van der Waals surface area (Å²) >= 11 is 0.719. The number of methoxy groups -OCH3 is 1. The van der Waals surface area contributed by atoms with E-state index in [9.17, 15) is 18.8 Å². The molecule has 40 heavy (non-hydrogen) atoms. The van der Waals surface area contributed by atoms with E-state index >= 15 is 0 Å². The number of para-hydroxylation sites is 1. The summed E-state index contributed by atoms with van der Waals surface area (Å²) in [7, 11) is 1.56. The first kappa shape index (κ1) is 28.2. The smallest absolute Gasteiger partial charge is 0.273 e. The molecule has 0 spiro atoms. The van der Waals surface area contributed by atoms with Crippen LogP contribution < -0.4 is 26.4 Å². The van der Waals surface area contributed by atoms with Crippen molar-refractivity contribution in [1.29, 1.82) is 0 Å². The minimum Gasteiger partial charge on any atom is -0.497 e. The number of nitrogens with two attached hydrogens (primary N) is 2. The van der Waals surface area contributed by atoms with E-state index in [0.717, 1.165) is 22.7 Å². The fraction of sp³-hybridized carbons (Fsp3) is 0.172. The number of amides is 3. The van der Waals surface area contributed by atoms with Gasteiger partial charge in [0.15, 0.2) is 5.69 Å². The van der Waals surface area contributed by atoms with Gasteiger partial charge in [-0.15, -0.1) is 0 Å². The lowest BCUT2D eigenvalue weighted by Crippen LogP contribution is -2.44. The van der Waals surface area contributed by atoms with Gasteiger partial charge in [-0.2, -0.15) is 4.37 Å². The molecular weight excluding hydrogens is 533 g/mol. The zero-order chi connectivity index (χ0) is 28.8. The molecule has 3 amide bonds. The van der Waals surface area contributed by atoms with Crippen LogP contribution in [-0.4, -0.2) is 29.2 Å². The van der Waals surface area contributed by atoms with Gasteiger partial charge >= 0.3 is 0 Å². The summed E-state index contributed by atoms with van der Waals surface area (Å²) in [6.07, 6.45) is 0.550. The van der Waals surface area contributed by atoms with E-state index < -0.39 is 29.6 Å². The standard InChI is InChI=1S/C29H28FN5O4S/c1-3-18-6-4-5-7-22(18)35(29(38)26-23(31)24(27(32)36)34-40-26)25(19-10-12-20(30)13-11-19)28(37)33-16-17-8-14-21(39-2)15-9-17/h4-15,25H,3,16,31H2,1-2H3,(H2,32,36)(H,33,37). The lowest BCUT2D eigenvalue weighted by molar-refractivity contribution is -0.122. The van der Waals surface area contributed by atoms with Crippen molar-refractivity contribution in [2.75, 3.05) is 17.7 Å². The first-order valence-electron chi connectivity index (χ1n) is 12.4. The molecule has 0 fully saturated rings. The number of rotatable bonds is 10. The Bertz CT molecular complexity index is 1520. The van der Waals surface area contributed by atoms with Crippen molar-refractivity contribution >= 4 is 40.6 Å². The molecule has 11 heteroatoms. The molecule has 206 valence electrons. The molecule has 9 nitrogen and oxygen atoms in total. The Morgan fingerprint density at radius 1 is 1.05 bits per heavy atom.